The van der Waals surface area contributed by atoms with Crippen molar-refractivity contribution < 1.29 is 18.9 Å². The smallest absolute Gasteiger partial charge is 0.161 e. The van der Waals surface area contributed by atoms with Crippen molar-refractivity contribution >= 4 is 31.9 Å². The van der Waals surface area contributed by atoms with E-state index >= 15 is 0 Å². The summed E-state index contributed by atoms with van der Waals surface area (Å²) in [5.41, 5.74) is 6.25. The van der Waals surface area contributed by atoms with Gasteiger partial charge in [0.2, 0.25) is 0 Å². The summed E-state index contributed by atoms with van der Waals surface area (Å²) in [7, 11) is 6.73. The number of hydrogen-bond donors (Lipinski definition) is 0. The lowest BCUT2D eigenvalue weighted by Crippen LogP contribution is -2.14. The molecule has 0 aromatic heterocycles. The molecule has 38 heavy (non-hydrogen) atoms. The quantitative estimate of drug-likeness (QED) is 0.194. The van der Waals surface area contributed by atoms with E-state index in [2.05, 4.69) is 105 Å². The summed E-state index contributed by atoms with van der Waals surface area (Å²) in [6.07, 6.45) is 0.889. The maximum absolute atomic E-state index is 5.77. The van der Waals surface area contributed by atoms with Crippen LogP contribution in [0.15, 0.2) is 87.8 Å². The summed E-state index contributed by atoms with van der Waals surface area (Å²) in [6, 6.07) is 27.9. The standard InChI is InChI=1S/C32H30Br2O4/c1-35-27-14-9-21(16-28(27)36-2)32-26-18-30(38-4)29(37-3)17-24(26)25(15-19-5-10-22(33)11-6-19)31(32)20-7-12-23(34)13-8-20/h5-14,16-18,25,31-32H,15H2,1-4H3/t25-,31+,32+/m1/s1. The van der Waals surface area contributed by atoms with Crippen LogP contribution in [0.3, 0.4) is 0 Å². The number of benzene rings is 4. The minimum atomic E-state index is 0.0752. The number of ether oxygens (including phenoxy) is 4. The molecule has 1 aliphatic carbocycles. The van der Waals surface area contributed by atoms with Crippen molar-refractivity contribution in [3.63, 3.8) is 0 Å². The third kappa shape index (κ3) is 5.04. The minimum Gasteiger partial charge on any atom is -0.493 e. The van der Waals surface area contributed by atoms with Crippen LogP contribution in [-0.2, 0) is 6.42 Å². The van der Waals surface area contributed by atoms with Gasteiger partial charge in [0.1, 0.15) is 0 Å². The summed E-state index contributed by atoms with van der Waals surface area (Å²) >= 11 is 7.21. The Labute approximate surface area is 241 Å². The molecule has 0 amide bonds. The van der Waals surface area contributed by atoms with Crippen molar-refractivity contribution in [3.05, 3.63) is 116 Å². The normalized spacial score (nSPS) is 18.1. The van der Waals surface area contributed by atoms with Gasteiger partial charge < -0.3 is 18.9 Å². The van der Waals surface area contributed by atoms with Gasteiger partial charge in [-0.05, 0) is 88.7 Å². The fraction of sp³-hybridized carbons (Fsp3) is 0.250. The Bertz CT molecular complexity index is 1420. The molecule has 0 saturated carbocycles. The van der Waals surface area contributed by atoms with E-state index in [1.807, 2.05) is 6.07 Å². The zero-order valence-electron chi connectivity index (χ0n) is 21.8. The van der Waals surface area contributed by atoms with E-state index in [-0.39, 0.29) is 17.8 Å². The first kappa shape index (κ1) is 26.6. The van der Waals surface area contributed by atoms with Crippen molar-refractivity contribution in [3.8, 4) is 23.0 Å². The first-order valence-corrected chi connectivity index (χ1v) is 14.0. The fourth-order valence-corrected chi connectivity index (χ4v) is 6.30. The van der Waals surface area contributed by atoms with Gasteiger partial charge in [-0.15, -0.1) is 0 Å². The zero-order valence-corrected chi connectivity index (χ0v) is 25.0. The second-order valence-corrected chi connectivity index (χ2v) is 11.3. The molecule has 1 aliphatic rings. The maximum atomic E-state index is 5.77. The second-order valence-electron chi connectivity index (χ2n) is 9.44. The van der Waals surface area contributed by atoms with Crippen molar-refractivity contribution in [1.82, 2.24) is 0 Å². The third-order valence-corrected chi connectivity index (χ3v) is 8.56. The Morgan fingerprint density at radius 3 is 1.63 bits per heavy atom. The first-order chi connectivity index (χ1) is 18.5. The predicted octanol–water partition coefficient (Wildman–Crippen LogP) is 8.50. The van der Waals surface area contributed by atoms with E-state index in [4.69, 9.17) is 18.9 Å². The molecule has 0 heterocycles. The summed E-state index contributed by atoms with van der Waals surface area (Å²) in [6.45, 7) is 0. The van der Waals surface area contributed by atoms with E-state index < -0.39 is 0 Å². The Morgan fingerprint density at radius 2 is 1.05 bits per heavy atom. The van der Waals surface area contributed by atoms with Crippen molar-refractivity contribution in [1.29, 1.82) is 0 Å². The molecule has 4 aromatic rings. The van der Waals surface area contributed by atoms with Gasteiger partial charge >= 0.3 is 0 Å². The second kappa shape index (κ2) is 11.4. The number of methoxy groups -OCH3 is 4. The highest BCUT2D eigenvalue weighted by Crippen LogP contribution is 2.58. The molecular weight excluding hydrogens is 608 g/mol. The summed E-state index contributed by atoms with van der Waals surface area (Å²) < 4.78 is 24.9. The van der Waals surface area contributed by atoms with E-state index in [1.165, 1.54) is 27.8 Å². The Morgan fingerprint density at radius 1 is 0.553 bits per heavy atom. The molecule has 0 fully saturated rings. The SMILES string of the molecule is COc1ccc([C@H]2c3cc(OC)c(OC)cc3[C@@H](Cc3ccc(Br)cc3)[C@@H]2c2ccc(Br)cc2)cc1OC. The van der Waals surface area contributed by atoms with E-state index in [0.29, 0.717) is 5.75 Å². The molecule has 0 spiro atoms. The van der Waals surface area contributed by atoms with Gasteiger partial charge in [-0.2, -0.15) is 0 Å². The van der Waals surface area contributed by atoms with Gasteiger partial charge in [-0.3, -0.25) is 0 Å². The van der Waals surface area contributed by atoms with Crippen molar-refractivity contribution in [2.24, 2.45) is 0 Å². The molecular formula is C32H30Br2O4. The molecule has 5 rings (SSSR count). The van der Waals surface area contributed by atoms with E-state index in [9.17, 15) is 0 Å². The van der Waals surface area contributed by atoms with Crippen LogP contribution in [0.2, 0.25) is 0 Å². The molecule has 0 unspecified atom stereocenters. The molecule has 4 aromatic carbocycles. The Kier molecular flexibility index (Phi) is 8.01. The van der Waals surface area contributed by atoms with Crippen LogP contribution in [0.1, 0.15) is 45.6 Å². The largest absolute Gasteiger partial charge is 0.493 e. The molecule has 4 nitrogen and oxygen atoms in total. The van der Waals surface area contributed by atoms with Crippen LogP contribution >= 0.6 is 31.9 Å². The molecule has 0 saturated heterocycles. The molecule has 0 N–H and O–H groups in total. The Hall–Kier alpha value is -2.96. The van der Waals surface area contributed by atoms with Crippen LogP contribution in [0.5, 0.6) is 23.0 Å². The maximum Gasteiger partial charge on any atom is 0.161 e. The monoisotopic (exact) mass is 636 g/mol. The predicted molar refractivity (Wildman–Crippen MR) is 158 cm³/mol. The average Bonchev–Trinajstić information content (AvgIpc) is 3.26. The zero-order chi connectivity index (χ0) is 26.8. The lowest BCUT2D eigenvalue weighted by Gasteiger charge is -2.27. The van der Waals surface area contributed by atoms with Crippen LogP contribution in [0, 0.1) is 0 Å². The third-order valence-electron chi connectivity index (χ3n) is 7.51. The Balaban J connectivity index is 1.74. The topological polar surface area (TPSA) is 36.9 Å². The van der Waals surface area contributed by atoms with Gasteiger partial charge in [0, 0.05) is 20.8 Å². The highest BCUT2D eigenvalue weighted by Gasteiger charge is 2.43. The lowest BCUT2D eigenvalue weighted by molar-refractivity contribution is 0.353. The average molecular weight is 638 g/mol. The highest BCUT2D eigenvalue weighted by atomic mass is 79.9. The van der Waals surface area contributed by atoms with Crippen LogP contribution in [-0.4, -0.2) is 28.4 Å². The van der Waals surface area contributed by atoms with Gasteiger partial charge in [0.05, 0.1) is 28.4 Å². The molecule has 6 heteroatoms. The van der Waals surface area contributed by atoms with Gasteiger partial charge in [0.25, 0.3) is 0 Å². The molecule has 0 bridgehead atoms. The minimum absolute atomic E-state index is 0.0752. The summed E-state index contributed by atoms with van der Waals surface area (Å²) in [5.74, 6) is 3.38. The lowest BCUT2D eigenvalue weighted by atomic mass is 9.76. The van der Waals surface area contributed by atoms with Gasteiger partial charge in [-0.1, -0.05) is 62.2 Å². The molecule has 0 radical (unpaired) electrons. The van der Waals surface area contributed by atoms with Crippen molar-refractivity contribution in [2.75, 3.05) is 28.4 Å². The highest BCUT2D eigenvalue weighted by molar-refractivity contribution is 9.10. The number of halogens is 2. The fourth-order valence-electron chi connectivity index (χ4n) is 5.77. The van der Waals surface area contributed by atoms with Crippen LogP contribution < -0.4 is 18.9 Å². The molecule has 196 valence electrons. The van der Waals surface area contributed by atoms with Crippen LogP contribution in [0.25, 0.3) is 0 Å². The number of fused-ring (bicyclic) bond motifs is 1. The first-order valence-electron chi connectivity index (χ1n) is 12.4. The van der Waals surface area contributed by atoms with E-state index in [1.54, 1.807) is 28.4 Å². The summed E-state index contributed by atoms with van der Waals surface area (Å²) in [4.78, 5) is 0. The van der Waals surface area contributed by atoms with Crippen molar-refractivity contribution in [2.45, 2.75) is 24.2 Å². The molecule has 3 atom stereocenters. The van der Waals surface area contributed by atoms with Crippen LogP contribution in [0.4, 0.5) is 0 Å². The number of rotatable bonds is 8. The number of hydrogen-bond acceptors (Lipinski definition) is 4. The van der Waals surface area contributed by atoms with Gasteiger partial charge in [0.15, 0.2) is 23.0 Å². The van der Waals surface area contributed by atoms with Gasteiger partial charge in [-0.25, -0.2) is 0 Å². The summed E-state index contributed by atoms with van der Waals surface area (Å²) in [5, 5.41) is 0. The van der Waals surface area contributed by atoms with E-state index in [0.717, 1.165) is 32.6 Å². The molecule has 0 aliphatic heterocycles.